The van der Waals surface area contributed by atoms with Crippen molar-refractivity contribution in [2.75, 3.05) is 0 Å². The molecule has 0 atom stereocenters. The molecule has 0 aliphatic rings. The predicted molar refractivity (Wildman–Crippen MR) is 72.9 cm³/mol. The standard InChI is InChI=1S/C15H16N2O2/c1-3-11-4-6-12(7-5-11)15-13(8-14(18)19)9-16-10(2)17-15/h4-7,9H,3,8H2,1-2H3,(H,18,19). The van der Waals surface area contributed by atoms with Gasteiger partial charge in [-0.3, -0.25) is 4.79 Å². The Morgan fingerprint density at radius 3 is 2.53 bits per heavy atom. The molecule has 1 heterocycles. The monoisotopic (exact) mass is 256 g/mol. The van der Waals surface area contributed by atoms with Crippen molar-refractivity contribution < 1.29 is 9.90 Å². The molecule has 0 aliphatic carbocycles. The number of carboxylic acid groups (broad SMARTS) is 1. The Morgan fingerprint density at radius 2 is 1.95 bits per heavy atom. The number of rotatable bonds is 4. The van der Waals surface area contributed by atoms with Crippen LogP contribution < -0.4 is 0 Å². The molecule has 0 fully saturated rings. The van der Waals surface area contributed by atoms with E-state index in [1.807, 2.05) is 24.3 Å². The zero-order valence-corrected chi connectivity index (χ0v) is 11.1. The second-order valence-corrected chi connectivity index (χ2v) is 4.41. The normalized spacial score (nSPS) is 10.4. The van der Waals surface area contributed by atoms with Gasteiger partial charge in [-0.15, -0.1) is 0 Å². The molecule has 1 N–H and O–H groups in total. The number of benzene rings is 1. The van der Waals surface area contributed by atoms with E-state index in [0.29, 0.717) is 17.1 Å². The first-order valence-corrected chi connectivity index (χ1v) is 6.23. The largest absolute Gasteiger partial charge is 0.481 e. The lowest BCUT2D eigenvalue weighted by Gasteiger charge is -2.08. The van der Waals surface area contributed by atoms with E-state index in [4.69, 9.17) is 5.11 Å². The Balaban J connectivity index is 2.46. The van der Waals surface area contributed by atoms with Gasteiger partial charge in [0.05, 0.1) is 12.1 Å². The number of aliphatic carboxylic acids is 1. The topological polar surface area (TPSA) is 63.1 Å². The summed E-state index contributed by atoms with van der Waals surface area (Å²) in [6.45, 7) is 3.90. The van der Waals surface area contributed by atoms with E-state index in [0.717, 1.165) is 12.0 Å². The molecule has 19 heavy (non-hydrogen) atoms. The van der Waals surface area contributed by atoms with Gasteiger partial charge in [0.1, 0.15) is 5.82 Å². The minimum absolute atomic E-state index is 0.0643. The highest BCUT2D eigenvalue weighted by Gasteiger charge is 2.11. The maximum atomic E-state index is 10.9. The van der Waals surface area contributed by atoms with Crippen LogP contribution >= 0.6 is 0 Å². The zero-order valence-electron chi connectivity index (χ0n) is 11.1. The Labute approximate surface area is 112 Å². The van der Waals surface area contributed by atoms with Crippen molar-refractivity contribution in [2.24, 2.45) is 0 Å². The second-order valence-electron chi connectivity index (χ2n) is 4.41. The smallest absolute Gasteiger partial charge is 0.307 e. The number of aryl methyl sites for hydroxylation is 2. The lowest BCUT2D eigenvalue weighted by atomic mass is 10.0. The number of carbonyl (C=O) groups is 1. The molecule has 2 rings (SSSR count). The molecule has 4 nitrogen and oxygen atoms in total. The average molecular weight is 256 g/mol. The van der Waals surface area contributed by atoms with Crippen molar-refractivity contribution in [2.45, 2.75) is 26.7 Å². The van der Waals surface area contributed by atoms with Gasteiger partial charge in [-0.2, -0.15) is 0 Å². The van der Waals surface area contributed by atoms with Crippen LogP contribution in [0.2, 0.25) is 0 Å². The highest BCUT2D eigenvalue weighted by molar-refractivity contribution is 5.74. The maximum Gasteiger partial charge on any atom is 0.307 e. The molecule has 0 unspecified atom stereocenters. The molecule has 0 saturated heterocycles. The van der Waals surface area contributed by atoms with Crippen molar-refractivity contribution in [3.05, 3.63) is 47.4 Å². The SMILES string of the molecule is CCc1ccc(-c2nc(C)ncc2CC(=O)O)cc1. The van der Waals surface area contributed by atoms with Crippen LogP contribution in [0.1, 0.15) is 23.9 Å². The summed E-state index contributed by atoms with van der Waals surface area (Å²) in [6, 6.07) is 8.03. The van der Waals surface area contributed by atoms with Crippen LogP contribution in [0.4, 0.5) is 0 Å². The third-order valence-corrected chi connectivity index (χ3v) is 2.96. The minimum Gasteiger partial charge on any atom is -0.481 e. The summed E-state index contributed by atoms with van der Waals surface area (Å²) in [5.74, 6) is -0.234. The van der Waals surface area contributed by atoms with Crippen LogP contribution in [0.15, 0.2) is 30.5 Å². The van der Waals surface area contributed by atoms with E-state index in [-0.39, 0.29) is 6.42 Å². The summed E-state index contributed by atoms with van der Waals surface area (Å²) >= 11 is 0. The maximum absolute atomic E-state index is 10.9. The Morgan fingerprint density at radius 1 is 1.26 bits per heavy atom. The fraction of sp³-hybridized carbons (Fsp3) is 0.267. The fourth-order valence-electron chi connectivity index (χ4n) is 1.94. The van der Waals surface area contributed by atoms with Gasteiger partial charge in [0.25, 0.3) is 0 Å². The van der Waals surface area contributed by atoms with Gasteiger partial charge in [0.15, 0.2) is 0 Å². The van der Waals surface area contributed by atoms with Gasteiger partial charge < -0.3 is 5.11 Å². The van der Waals surface area contributed by atoms with Crippen LogP contribution in [0.5, 0.6) is 0 Å². The first-order chi connectivity index (χ1) is 9.10. The molecular formula is C15H16N2O2. The molecule has 0 radical (unpaired) electrons. The number of hydrogen-bond donors (Lipinski definition) is 1. The lowest BCUT2D eigenvalue weighted by Crippen LogP contribution is -2.05. The summed E-state index contributed by atoms with van der Waals surface area (Å²) in [6.07, 6.45) is 2.51. The Bertz CT molecular complexity index is 592. The molecule has 2 aromatic rings. The molecule has 1 aromatic carbocycles. The predicted octanol–water partition coefficient (Wildman–Crippen LogP) is 2.64. The third kappa shape index (κ3) is 3.16. The molecule has 4 heteroatoms. The van der Waals surface area contributed by atoms with E-state index in [9.17, 15) is 4.79 Å². The summed E-state index contributed by atoms with van der Waals surface area (Å²) in [5.41, 5.74) is 3.52. The number of carboxylic acids is 1. The number of nitrogens with zero attached hydrogens (tertiary/aromatic N) is 2. The van der Waals surface area contributed by atoms with E-state index < -0.39 is 5.97 Å². The van der Waals surface area contributed by atoms with E-state index in [2.05, 4.69) is 16.9 Å². The van der Waals surface area contributed by atoms with Crippen molar-refractivity contribution in [3.8, 4) is 11.3 Å². The van der Waals surface area contributed by atoms with Crippen LogP contribution in [0.25, 0.3) is 11.3 Å². The van der Waals surface area contributed by atoms with Gasteiger partial charge in [-0.05, 0) is 18.9 Å². The molecule has 98 valence electrons. The first-order valence-electron chi connectivity index (χ1n) is 6.23. The quantitative estimate of drug-likeness (QED) is 0.913. The van der Waals surface area contributed by atoms with E-state index in [1.54, 1.807) is 13.1 Å². The Kier molecular flexibility index (Phi) is 3.90. The lowest BCUT2D eigenvalue weighted by molar-refractivity contribution is -0.136. The molecule has 0 aliphatic heterocycles. The van der Waals surface area contributed by atoms with E-state index >= 15 is 0 Å². The van der Waals surface area contributed by atoms with Gasteiger partial charge in [0.2, 0.25) is 0 Å². The fourth-order valence-corrected chi connectivity index (χ4v) is 1.94. The molecule has 1 aromatic heterocycles. The van der Waals surface area contributed by atoms with Gasteiger partial charge >= 0.3 is 5.97 Å². The van der Waals surface area contributed by atoms with Crippen molar-refractivity contribution >= 4 is 5.97 Å². The van der Waals surface area contributed by atoms with Crippen LogP contribution in [-0.4, -0.2) is 21.0 Å². The van der Waals surface area contributed by atoms with Gasteiger partial charge in [-0.25, -0.2) is 9.97 Å². The molecule has 0 bridgehead atoms. The average Bonchev–Trinajstić information content (AvgIpc) is 2.40. The molecule has 0 amide bonds. The summed E-state index contributed by atoms with van der Waals surface area (Å²) < 4.78 is 0. The van der Waals surface area contributed by atoms with Crippen LogP contribution in [0.3, 0.4) is 0 Å². The summed E-state index contributed by atoms with van der Waals surface area (Å²) in [4.78, 5) is 19.3. The van der Waals surface area contributed by atoms with Gasteiger partial charge in [0, 0.05) is 17.3 Å². The van der Waals surface area contributed by atoms with Crippen molar-refractivity contribution in [1.82, 2.24) is 9.97 Å². The third-order valence-electron chi connectivity index (χ3n) is 2.96. The van der Waals surface area contributed by atoms with Crippen molar-refractivity contribution in [1.29, 1.82) is 0 Å². The highest BCUT2D eigenvalue weighted by atomic mass is 16.4. The minimum atomic E-state index is -0.876. The van der Waals surface area contributed by atoms with Gasteiger partial charge in [-0.1, -0.05) is 31.2 Å². The first kappa shape index (κ1) is 13.2. The molecule has 0 spiro atoms. The van der Waals surface area contributed by atoms with Crippen molar-refractivity contribution in [3.63, 3.8) is 0 Å². The summed E-state index contributed by atoms with van der Waals surface area (Å²) in [7, 11) is 0. The zero-order chi connectivity index (χ0) is 13.8. The van der Waals surface area contributed by atoms with Crippen LogP contribution in [0, 0.1) is 6.92 Å². The second kappa shape index (κ2) is 5.61. The molecule has 0 saturated carbocycles. The number of hydrogen-bond acceptors (Lipinski definition) is 3. The van der Waals surface area contributed by atoms with E-state index in [1.165, 1.54) is 5.56 Å². The summed E-state index contributed by atoms with van der Waals surface area (Å²) in [5, 5.41) is 8.93. The molecular weight excluding hydrogens is 240 g/mol. The van der Waals surface area contributed by atoms with Crippen LogP contribution in [-0.2, 0) is 17.6 Å². The number of aromatic nitrogens is 2. The highest BCUT2D eigenvalue weighted by Crippen LogP contribution is 2.22. The Hall–Kier alpha value is -2.23.